The van der Waals surface area contributed by atoms with Crippen LogP contribution in [0, 0.1) is 0 Å². The van der Waals surface area contributed by atoms with Crippen molar-refractivity contribution in [1.82, 2.24) is 19.1 Å². The third-order valence-corrected chi connectivity index (χ3v) is 5.33. The van der Waals surface area contributed by atoms with Gasteiger partial charge in [-0.25, -0.2) is 10.2 Å². The number of hydrazone groups is 1. The first-order chi connectivity index (χ1) is 14.4. The van der Waals surface area contributed by atoms with Crippen LogP contribution < -0.4 is 16.7 Å². The number of benzene rings is 1. The molecule has 0 saturated carbocycles. The van der Waals surface area contributed by atoms with Crippen LogP contribution >= 0.6 is 11.6 Å². The van der Waals surface area contributed by atoms with Gasteiger partial charge in [0.15, 0.2) is 11.2 Å². The molecule has 0 atom stereocenters. The molecule has 0 aliphatic carbocycles. The van der Waals surface area contributed by atoms with E-state index in [2.05, 4.69) is 27.4 Å². The van der Waals surface area contributed by atoms with Crippen molar-refractivity contribution in [3.8, 4) is 0 Å². The van der Waals surface area contributed by atoms with Crippen LogP contribution in [0.4, 0.5) is 5.95 Å². The van der Waals surface area contributed by atoms with E-state index in [4.69, 9.17) is 11.6 Å². The lowest BCUT2D eigenvalue weighted by Gasteiger charge is -2.09. The molecule has 0 saturated heterocycles. The smallest absolute Gasteiger partial charge is 0.303 e. The molecular weight excluding hydrogens is 404 g/mol. The Morgan fingerprint density at radius 3 is 2.57 bits per heavy atom. The number of hydrogen-bond acceptors (Lipinski definition) is 5. The highest BCUT2D eigenvalue weighted by atomic mass is 35.5. The van der Waals surface area contributed by atoms with E-state index in [1.807, 2.05) is 19.1 Å². The number of imidazole rings is 1. The first-order valence-electron chi connectivity index (χ1n) is 10.2. The predicted molar refractivity (Wildman–Crippen MR) is 122 cm³/mol. The Morgan fingerprint density at radius 1 is 1.17 bits per heavy atom. The fourth-order valence-corrected chi connectivity index (χ4v) is 3.43. The average Bonchev–Trinajstić information content (AvgIpc) is 3.10. The maximum absolute atomic E-state index is 12.5. The van der Waals surface area contributed by atoms with Crippen LogP contribution in [-0.4, -0.2) is 24.8 Å². The molecule has 3 rings (SSSR count). The summed E-state index contributed by atoms with van der Waals surface area (Å²) in [6.07, 6.45) is 5.47. The molecule has 0 aliphatic rings. The second-order valence-electron chi connectivity index (χ2n) is 7.31. The van der Waals surface area contributed by atoms with E-state index in [0.717, 1.165) is 30.5 Å². The number of rotatable bonds is 9. The molecule has 30 heavy (non-hydrogen) atoms. The molecule has 8 nitrogen and oxygen atoms in total. The van der Waals surface area contributed by atoms with Gasteiger partial charge >= 0.3 is 5.69 Å². The molecule has 0 fully saturated rings. The topological polar surface area (TPSA) is 97.1 Å². The maximum atomic E-state index is 12.5. The summed E-state index contributed by atoms with van der Waals surface area (Å²) in [5, 5.41) is 5.09. The number of aromatic nitrogens is 4. The molecule has 160 valence electrons. The van der Waals surface area contributed by atoms with E-state index in [9.17, 15) is 9.59 Å². The van der Waals surface area contributed by atoms with Gasteiger partial charge in [-0.05, 0) is 31.0 Å². The number of unbranched alkanes of at least 4 members (excludes halogenated alkanes) is 4. The van der Waals surface area contributed by atoms with E-state index in [1.54, 1.807) is 23.7 Å². The van der Waals surface area contributed by atoms with Crippen molar-refractivity contribution >= 4 is 34.4 Å². The van der Waals surface area contributed by atoms with Crippen molar-refractivity contribution in [2.24, 2.45) is 12.1 Å². The second kappa shape index (κ2) is 9.75. The lowest BCUT2D eigenvalue weighted by Crippen LogP contribution is -2.29. The SMILES string of the molecule is CCCCCCCn1c(N/N=C(\C)c2ccc(Cl)cc2)nc2c1c(=O)[nH]c(=O)n2C. The highest BCUT2D eigenvalue weighted by Gasteiger charge is 2.17. The number of nitrogens with zero attached hydrogens (tertiary/aromatic N) is 4. The first kappa shape index (κ1) is 21.8. The van der Waals surface area contributed by atoms with Gasteiger partial charge in [0, 0.05) is 18.6 Å². The number of H-pyrrole nitrogens is 1. The minimum Gasteiger partial charge on any atom is -0.303 e. The molecule has 1 aromatic carbocycles. The standard InChI is InChI=1S/C21H27ClN6O2/c1-4-5-6-7-8-13-28-17-18(27(3)21(30)24-19(17)29)23-20(28)26-25-14(2)15-9-11-16(22)12-10-15/h9-12H,4-8,13H2,1-3H3,(H,23,26)(H,24,29,30)/b25-14+. The molecule has 0 aliphatic heterocycles. The van der Waals surface area contributed by atoms with Crippen LogP contribution in [0.2, 0.25) is 5.02 Å². The number of hydrogen-bond donors (Lipinski definition) is 2. The van der Waals surface area contributed by atoms with Crippen molar-refractivity contribution in [2.75, 3.05) is 5.43 Å². The van der Waals surface area contributed by atoms with Crippen LogP contribution in [0.15, 0.2) is 39.0 Å². The molecule has 0 amide bonds. The van der Waals surface area contributed by atoms with Crippen LogP contribution in [0.5, 0.6) is 0 Å². The molecule has 0 unspecified atom stereocenters. The number of fused-ring (bicyclic) bond motifs is 1. The van der Waals surface area contributed by atoms with E-state index >= 15 is 0 Å². The van der Waals surface area contributed by atoms with Gasteiger partial charge in [0.25, 0.3) is 5.56 Å². The van der Waals surface area contributed by atoms with Crippen molar-refractivity contribution in [3.63, 3.8) is 0 Å². The highest BCUT2D eigenvalue weighted by molar-refractivity contribution is 6.30. The Kier molecular flexibility index (Phi) is 7.10. The van der Waals surface area contributed by atoms with Gasteiger partial charge in [0.05, 0.1) is 5.71 Å². The minimum absolute atomic E-state index is 0.333. The molecule has 2 aromatic heterocycles. The molecule has 0 spiro atoms. The molecule has 0 bridgehead atoms. The monoisotopic (exact) mass is 430 g/mol. The number of halogens is 1. The zero-order valence-corrected chi connectivity index (χ0v) is 18.3. The van der Waals surface area contributed by atoms with Gasteiger partial charge < -0.3 is 4.57 Å². The summed E-state index contributed by atoms with van der Waals surface area (Å²) in [5.41, 5.74) is 4.41. The minimum atomic E-state index is -0.493. The molecule has 9 heteroatoms. The summed E-state index contributed by atoms with van der Waals surface area (Å²) in [4.78, 5) is 31.3. The van der Waals surface area contributed by atoms with Crippen LogP contribution in [0.1, 0.15) is 51.5 Å². The lowest BCUT2D eigenvalue weighted by atomic mass is 10.1. The largest absolute Gasteiger partial charge is 0.329 e. The third-order valence-electron chi connectivity index (χ3n) is 5.08. The van der Waals surface area contributed by atoms with E-state index in [-0.39, 0.29) is 0 Å². The second-order valence-corrected chi connectivity index (χ2v) is 7.74. The zero-order valence-electron chi connectivity index (χ0n) is 17.5. The summed E-state index contributed by atoms with van der Waals surface area (Å²) < 4.78 is 3.14. The number of nitrogens with one attached hydrogen (secondary N) is 2. The number of aromatic amines is 1. The Balaban J connectivity index is 1.94. The highest BCUT2D eigenvalue weighted by Crippen LogP contribution is 2.18. The molecule has 2 N–H and O–H groups in total. The summed E-state index contributed by atoms with van der Waals surface area (Å²) in [6, 6.07) is 7.37. The molecule has 3 aromatic rings. The Hall–Kier alpha value is -2.87. The number of aryl methyl sites for hydroxylation is 2. The Bertz CT molecular complexity index is 1160. The maximum Gasteiger partial charge on any atom is 0.329 e. The molecular formula is C21H27ClN6O2. The van der Waals surface area contributed by atoms with Crippen LogP contribution in [-0.2, 0) is 13.6 Å². The van der Waals surface area contributed by atoms with Crippen molar-refractivity contribution < 1.29 is 0 Å². The van der Waals surface area contributed by atoms with Gasteiger partial charge in [-0.15, -0.1) is 0 Å². The summed E-state index contributed by atoms with van der Waals surface area (Å²) >= 11 is 5.95. The first-order valence-corrected chi connectivity index (χ1v) is 10.6. The van der Waals surface area contributed by atoms with Crippen molar-refractivity contribution in [2.45, 2.75) is 52.5 Å². The zero-order chi connectivity index (χ0) is 21.7. The lowest BCUT2D eigenvalue weighted by molar-refractivity contribution is 0.577. The van der Waals surface area contributed by atoms with Crippen LogP contribution in [0.3, 0.4) is 0 Å². The normalized spacial score (nSPS) is 11.9. The molecule has 2 heterocycles. The van der Waals surface area contributed by atoms with Gasteiger partial charge in [-0.3, -0.25) is 14.3 Å². The van der Waals surface area contributed by atoms with E-state index < -0.39 is 11.2 Å². The van der Waals surface area contributed by atoms with Gasteiger partial charge in [-0.2, -0.15) is 10.1 Å². The van der Waals surface area contributed by atoms with Crippen molar-refractivity contribution in [3.05, 3.63) is 55.7 Å². The summed E-state index contributed by atoms with van der Waals surface area (Å²) in [5.74, 6) is 0.431. The summed E-state index contributed by atoms with van der Waals surface area (Å²) in [7, 11) is 1.59. The van der Waals surface area contributed by atoms with E-state index in [0.29, 0.717) is 28.7 Å². The number of anilines is 1. The quantitative estimate of drug-likeness (QED) is 0.306. The Morgan fingerprint density at radius 2 is 1.87 bits per heavy atom. The van der Waals surface area contributed by atoms with E-state index in [1.165, 1.54) is 17.4 Å². The predicted octanol–water partition coefficient (Wildman–Crippen LogP) is 3.88. The Labute approximate surface area is 179 Å². The fourth-order valence-electron chi connectivity index (χ4n) is 3.30. The van der Waals surface area contributed by atoms with Crippen molar-refractivity contribution in [1.29, 1.82) is 0 Å². The molecule has 0 radical (unpaired) electrons. The third kappa shape index (κ3) is 4.81. The fraction of sp³-hybridized carbons (Fsp3) is 0.429. The average molecular weight is 431 g/mol. The van der Waals surface area contributed by atoms with Gasteiger partial charge in [0.1, 0.15) is 0 Å². The summed E-state index contributed by atoms with van der Waals surface area (Å²) in [6.45, 7) is 4.66. The van der Waals surface area contributed by atoms with Crippen LogP contribution in [0.25, 0.3) is 11.2 Å². The van der Waals surface area contributed by atoms with Gasteiger partial charge in [-0.1, -0.05) is 56.3 Å². The van der Waals surface area contributed by atoms with Gasteiger partial charge in [0.2, 0.25) is 5.95 Å².